The van der Waals surface area contributed by atoms with Crippen molar-refractivity contribution in [3.8, 4) is 0 Å². The van der Waals surface area contributed by atoms with Crippen molar-refractivity contribution < 1.29 is 4.79 Å². The van der Waals surface area contributed by atoms with Gasteiger partial charge >= 0.3 is 0 Å². The standard InChI is InChI=1S/C15H22N2O/c1-10(2)8-13(16)11-4-6-14-12(9-11)5-7-15(18)17(14)3/h4,6,9-10,13H,5,7-8,16H2,1-3H3. The predicted octanol–water partition coefficient (Wildman–Crippen LogP) is 2.64. The quantitative estimate of drug-likeness (QED) is 0.891. The number of carbonyl (C=O) groups is 1. The maximum Gasteiger partial charge on any atom is 0.227 e. The molecule has 0 saturated carbocycles. The fourth-order valence-electron chi connectivity index (χ4n) is 2.55. The monoisotopic (exact) mass is 246 g/mol. The van der Waals surface area contributed by atoms with Gasteiger partial charge < -0.3 is 10.6 Å². The van der Waals surface area contributed by atoms with Crippen molar-refractivity contribution >= 4 is 11.6 Å². The Bertz CT molecular complexity index is 454. The first-order chi connectivity index (χ1) is 8.49. The van der Waals surface area contributed by atoms with Gasteiger partial charge in [0.05, 0.1) is 0 Å². The Morgan fingerprint density at radius 3 is 2.72 bits per heavy atom. The molecular weight excluding hydrogens is 224 g/mol. The minimum Gasteiger partial charge on any atom is -0.324 e. The molecule has 18 heavy (non-hydrogen) atoms. The van der Waals surface area contributed by atoms with Crippen molar-refractivity contribution in [1.82, 2.24) is 0 Å². The van der Waals surface area contributed by atoms with Crippen LogP contribution < -0.4 is 10.6 Å². The average Bonchev–Trinajstić information content (AvgIpc) is 2.32. The highest BCUT2D eigenvalue weighted by Crippen LogP contribution is 2.30. The van der Waals surface area contributed by atoms with Crippen molar-refractivity contribution in [2.24, 2.45) is 11.7 Å². The Hall–Kier alpha value is -1.35. The van der Waals surface area contributed by atoms with Crippen LogP contribution in [-0.2, 0) is 11.2 Å². The van der Waals surface area contributed by atoms with Gasteiger partial charge in [-0.05, 0) is 36.0 Å². The predicted molar refractivity (Wildman–Crippen MR) is 74.6 cm³/mol. The molecule has 1 aliphatic heterocycles. The number of amides is 1. The molecule has 2 rings (SSSR count). The van der Waals surface area contributed by atoms with Crippen molar-refractivity contribution in [3.05, 3.63) is 29.3 Å². The summed E-state index contributed by atoms with van der Waals surface area (Å²) in [5.74, 6) is 0.794. The van der Waals surface area contributed by atoms with Gasteiger partial charge in [-0.25, -0.2) is 0 Å². The van der Waals surface area contributed by atoms with E-state index in [0.29, 0.717) is 12.3 Å². The smallest absolute Gasteiger partial charge is 0.227 e. The summed E-state index contributed by atoms with van der Waals surface area (Å²) >= 11 is 0. The summed E-state index contributed by atoms with van der Waals surface area (Å²) in [5.41, 5.74) is 9.67. The molecule has 0 bridgehead atoms. The van der Waals surface area contributed by atoms with E-state index in [1.54, 1.807) is 4.90 Å². The van der Waals surface area contributed by atoms with Crippen LogP contribution in [0.25, 0.3) is 0 Å². The van der Waals surface area contributed by atoms with E-state index in [9.17, 15) is 4.79 Å². The number of carbonyl (C=O) groups excluding carboxylic acids is 1. The van der Waals surface area contributed by atoms with Gasteiger partial charge in [0.15, 0.2) is 0 Å². The normalized spacial score (nSPS) is 16.9. The molecule has 3 nitrogen and oxygen atoms in total. The highest BCUT2D eigenvalue weighted by atomic mass is 16.2. The van der Waals surface area contributed by atoms with Crippen LogP contribution in [0.5, 0.6) is 0 Å². The summed E-state index contributed by atoms with van der Waals surface area (Å²) in [4.78, 5) is 13.4. The number of nitrogens with zero attached hydrogens (tertiary/aromatic N) is 1. The van der Waals surface area contributed by atoms with Gasteiger partial charge in [0, 0.05) is 25.2 Å². The fraction of sp³-hybridized carbons (Fsp3) is 0.533. The molecule has 2 N–H and O–H groups in total. The van der Waals surface area contributed by atoms with E-state index < -0.39 is 0 Å². The van der Waals surface area contributed by atoms with Gasteiger partial charge in [-0.2, -0.15) is 0 Å². The Morgan fingerprint density at radius 2 is 2.06 bits per heavy atom. The van der Waals surface area contributed by atoms with Crippen molar-refractivity contribution in [1.29, 1.82) is 0 Å². The topological polar surface area (TPSA) is 46.3 Å². The third kappa shape index (κ3) is 2.56. The molecule has 0 aromatic heterocycles. The Labute approximate surface area is 109 Å². The van der Waals surface area contributed by atoms with Crippen molar-refractivity contribution in [2.75, 3.05) is 11.9 Å². The molecule has 0 aliphatic carbocycles. The first kappa shape index (κ1) is 13.1. The summed E-state index contributed by atoms with van der Waals surface area (Å²) in [6.07, 6.45) is 2.43. The van der Waals surface area contributed by atoms with Crippen LogP contribution in [-0.4, -0.2) is 13.0 Å². The average molecular weight is 246 g/mol. The molecule has 1 heterocycles. The van der Waals surface area contributed by atoms with Crippen LogP contribution in [0.2, 0.25) is 0 Å². The first-order valence-corrected chi connectivity index (χ1v) is 6.64. The number of hydrogen-bond donors (Lipinski definition) is 1. The Morgan fingerprint density at radius 1 is 1.33 bits per heavy atom. The molecule has 0 fully saturated rings. The van der Waals surface area contributed by atoms with Crippen molar-refractivity contribution in [3.63, 3.8) is 0 Å². The molecule has 1 aromatic carbocycles. The van der Waals surface area contributed by atoms with Gasteiger partial charge in [0.25, 0.3) is 0 Å². The largest absolute Gasteiger partial charge is 0.324 e. The summed E-state index contributed by atoms with van der Waals surface area (Å²) in [6.45, 7) is 4.37. The van der Waals surface area contributed by atoms with E-state index in [0.717, 1.165) is 18.5 Å². The first-order valence-electron chi connectivity index (χ1n) is 6.64. The van der Waals surface area contributed by atoms with Crippen molar-refractivity contribution in [2.45, 2.75) is 39.2 Å². The van der Waals surface area contributed by atoms with Gasteiger partial charge in [0.1, 0.15) is 0 Å². The zero-order valence-electron chi connectivity index (χ0n) is 11.4. The lowest BCUT2D eigenvalue weighted by atomic mass is 9.93. The molecular formula is C15H22N2O. The molecule has 1 aromatic rings. The van der Waals surface area contributed by atoms with E-state index in [1.807, 2.05) is 13.1 Å². The third-order valence-corrected chi connectivity index (χ3v) is 3.60. The Balaban J connectivity index is 2.25. The highest BCUT2D eigenvalue weighted by molar-refractivity contribution is 5.95. The fourth-order valence-corrected chi connectivity index (χ4v) is 2.55. The zero-order valence-corrected chi connectivity index (χ0v) is 11.4. The van der Waals surface area contributed by atoms with Crippen LogP contribution in [0.4, 0.5) is 5.69 Å². The second-order valence-electron chi connectivity index (χ2n) is 5.58. The Kier molecular flexibility index (Phi) is 3.71. The van der Waals surface area contributed by atoms with Crippen LogP contribution >= 0.6 is 0 Å². The molecule has 1 aliphatic rings. The van der Waals surface area contributed by atoms with Crippen LogP contribution in [0, 0.1) is 5.92 Å². The minimum absolute atomic E-state index is 0.0956. The number of aryl methyl sites for hydroxylation is 1. The van der Waals surface area contributed by atoms with Gasteiger partial charge in [0.2, 0.25) is 5.91 Å². The molecule has 3 heteroatoms. The summed E-state index contributed by atoms with van der Waals surface area (Å²) in [5, 5.41) is 0. The summed E-state index contributed by atoms with van der Waals surface area (Å²) in [7, 11) is 1.84. The SMILES string of the molecule is CC(C)CC(N)c1ccc2c(c1)CCC(=O)N2C. The molecule has 0 saturated heterocycles. The maximum absolute atomic E-state index is 11.6. The second kappa shape index (κ2) is 5.11. The van der Waals surface area contributed by atoms with Gasteiger partial charge in [-0.15, -0.1) is 0 Å². The second-order valence-corrected chi connectivity index (χ2v) is 5.58. The van der Waals surface area contributed by atoms with Crippen LogP contribution in [0.3, 0.4) is 0 Å². The van der Waals surface area contributed by atoms with Crippen LogP contribution in [0.15, 0.2) is 18.2 Å². The highest BCUT2D eigenvalue weighted by Gasteiger charge is 2.21. The number of fused-ring (bicyclic) bond motifs is 1. The molecule has 1 unspecified atom stereocenters. The van der Waals surface area contributed by atoms with E-state index in [-0.39, 0.29) is 11.9 Å². The van der Waals surface area contributed by atoms with Crippen LogP contribution in [0.1, 0.15) is 43.9 Å². The van der Waals surface area contributed by atoms with Gasteiger partial charge in [-0.1, -0.05) is 26.0 Å². The molecule has 1 atom stereocenters. The lowest BCUT2D eigenvalue weighted by molar-refractivity contribution is -0.118. The lowest BCUT2D eigenvalue weighted by Crippen LogP contribution is -2.31. The maximum atomic E-state index is 11.6. The zero-order chi connectivity index (χ0) is 13.3. The molecule has 0 spiro atoms. The van der Waals surface area contributed by atoms with E-state index >= 15 is 0 Å². The number of benzene rings is 1. The minimum atomic E-state index is 0.0956. The lowest BCUT2D eigenvalue weighted by Gasteiger charge is -2.27. The number of rotatable bonds is 3. The van der Waals surface area contributed by atoms with E-state index in [1.165, 1.54) is 11.1 Å². The molecule has 0 radical (unpaired) electrons. The molecule has 1 amide bonds. The summed E-state index contributed by atoms with van der Waals surface area (Å²) < 4.78 is 0. The summed E-state index contributed by atoms with van der Waals surface area (Å²) in [6, 6.07) is 6.35. The van der Waals surface area contributed by atoms with E-state index in [2.05, 4.69) is 26.0 Å². The third-order valence-electron chi connectivity index (χ3n) is 3.60. The van der Waals surface area contributed by atoms with Gasteiger partial charge in [-0.3, -0.25) is 4.79 Å². The number of anilines is 1. The molecule has 98 valence electrons. The van der Waals surface area contributed by atoms with E-state index in [4.69, 9.17) is 5.73 Å². The number of nitrogens with two attached hydrogens (primary N) is 1. The number of hydrogen-bond acceptors (Lipinski definition) is 2.